The molecule has 3 nitrogen and oxygen atoms in total. The number of methoxy groups -OCH3 is 1. The Hall–Kier alpha value is -3.98. The third kappa shape index (κ3) is 6.51. The Kier molecular flexibility index (Phi) is 7.71. The van der Waals surface area contributed by atoms with E-state index >= 15 is 0 Å². The number of hydrogen-bond acceptors (Lipinski definition) is 3. The number of carbonyl (C=O) groups excluding carboxylic acids is 1. The van der Waals surface area contributed by atoms with Crippen LogP contribution in [0.2, 0.25) is 0 Å². The van der Waals surface area contributed by atoms with Gasteiger partial charge in [0.2, 0.25) is 0 Å². The first kappa shape index (κ1) is 22.7. The number of allylic oxidation sites excluding steroid dienone is 1. The van der Waals surface area contributed by atoms with E-state index in [0.29, 0.717) is 17.7 Å². The normalized spacial score (nSPS) is 10.0. The highest BCUT2D eigenvalue weighted by atomic mass is 19.3. The molecule has 0 radical (unpaired) electrons. The second-order valence-electron chi connectivity index (χ2n) is 6.74. The highest BCUT2D eigenvalue weighted by Gasteiger charge is 2.10. The second kappa shape index (κ2) is 10.9. The largest absolute Gasteiger partial charge is 0.497 e. The summed E-state index contributed by atoms with van der Waals surface area (Å²) in [5.74, 6) is 5.11. The predicted octanol–water partition coefficient (Wildman–Crippen LogP) is 6.17. The average Bonchev–Trinajstić information content (AvgIpc) is 2.79. The smallest absolute Gasteiger partial charge is 0.343 e. The third-order valence-corrected chi connectivity index (χ3v) is 4.50. The molecular weight excluding hydrogens is 417 g/mol. The van der Waals surface area contributed by atoms with Gasteiger partial charge in [0.1, 0.15) is 17.3 Å². The Morgan fingerprint density at radius 1 is 0.938 bits per heavy atom. The molecule has 3 aromatic rings. The number of carbonyl (C=O) groups is 1. The maximum absolute atomic E-state index is 14.4. The number of esters is 1. The molecular formula is C26H19F3O3. The lowest BCUT2D eigenvalue weighted by Gasteiger charge is -2.06. The number of aryl methyl sites for hydroxylation is 1. The van der Waals surface area contributed by atoms with Crippen molar-refractivity contribution in [1.82, 2.24) is 0 Å². The van der Waals surface area contributed by atoms with E-state index in [1.54, 1.807) is 43.5 Å². The number of rotatable bonds is 6. The van der Waals surface area contributed by atoms with Crippen molar-refractivity contribution in [2.75, 3.05) is 7.11 Å². The predicted molar refractivity (Wildman–Crippen MR) is 115 cm³/mol. The van der Waals surface area contributed by atoms with Crippen LogP contribution in [0.5, 0.6) is 11.5 Å². The lowest BCUT2D eigenvalue weighted by atomic mass is 10.1. The Labute approximate surface area is 184 Å². The summed E-state index contributed by atoms with van der Waals surface area (Å²) in [7, 11) is 1.57. The standard InChI is InChI=1S/C26H19F3O3/c1-31-22-14-8-19(9-15-22)5-10-20-13-16-23(17-24(20)27)32-26(30)21-11-6-18(7-12-21)3-2-4-25(28)29/h4,6-9,11-17H,2-3H2,1H3. The topological polar surface area (TPSA) is 35.5 Å². The van der Waals surface area contributed by atoms with Crippen molar-refractivity contribution in [2.45, 2.75) is 12.8 Å². The summed E-state index contributed by atoms with van der Waals surface area (Å²) in [4.78, 5) is 12.3. The SMILES string of the molecule is COc1ccc(C#Cc2ccc(OC(=O)c3ccc(CCC=C(F)F)cc3)cc2F)cc1. The maximum atomic E-state index is 14.4. The van der Waals surface area contributed by atoms with E-state index in [1.807, 2.05) is 0 Å². The molecule has 0 heterocycles. The van der Waals surface area contributed by atoms with E-state index in [4.69, 9.17) is 9.47 Å². The van der Waals surface area contributed by atoms with Crippen molar-refractivity contribution in [1.29, 1.82) is 0 Å². The zero-order chi connectivity index (χ0) is 22.9. The zero-order valence-electron chi connectivity index (χ0n) is 17.2. The highest BCUT2D eigenvalue weighted by molar-refractivity contribution is 5.91. The molecule has 32 heavy (non-hydrogen) atoms. The van der Waals surface area contributed by atoms with Gasteiger partial charge in [-0.15, -0.1) is 0 Å². The Morgan fingerprint density at radius 3 is 2.25 bits per heavy atom. The molecule has 0 aliphatic heterocycles. The van der Waals surface area contributed by atoms with Crippen LogP contribution in [-0.4, -0.2) is 13.1 Å². The first-order valence-electron chi connectivity index (χ1n) is 9.72. The van der Waals surface area contributed by atoms with Crippen molar-refractivity contribution < 1.29 is 27.4 Å². The minimum absolute atomic E-state index is 0.0510. The number of halogens is 3. The van der Waals surface area contributed by atoms with E-state index in [0.717, 1.165) is 17.7 Å². The molecule has 0 N–H and O–H groups in total. The lowest BCUT2D eigenvalue weighted by Crippen LogP contribution is -2.08. The van der Waals surface area contributed by atoms with E-state index in [-0.39, 0.29) is 23.3 Å². The lowest BCUT2D eigenvalue weighted by molar-refractivity contribution is 0.0734. The van der Waals surface area contributed by atoms with E-state index < -0.39 is 17.9 Å². The minimum Gasteiger partial charge on any atom is -0.497 e. The summed E-state index contributed by atoms with van der Waals surface area (Å²) in [6.45, 7) is 0. The molecule has 0 aromatic heterocycles. The molecule has 0 aliphatic rings. The molecule has 0 bridgehead atoms. The summed E-state index contributed by atoms with van der Waals surface area (Å²) >= 11 is 0. The van der Waals surface area contributed by atoms with Crippen LogP contribution in [0, 0.1) is 17.7 Å². The van der Waals surface area contributed by atoms with Crippen LogP contribution in [0.15, 0.2) is 78.9 Å². The molecule has 0 spiro atoms. The van der Waals surface area contributed by atoms with Crippen molar-refractivity contribution in [2.24, 2.45) is 0 Å². The molecule has 6 heteroatoms. The molecule has 3 aromatic carbocycles. The van der Waals surface area contributed by atoms with Gasteiger partial charge in [-0.3, -0.25) is 0 Å². The van der Waals surface area contributed by atoms with Gasteiger partial charge in [-0.05, 0) is 73.0 Å². The van der Waals surface area contributed by atoms with Crippen LogP contribution < -0.4 is 9.47 Å². The van der Waals surface area contributed by atoms with Gasteiger partial charge in [0.05, 0.1) is 18.2 Å². The quantitative estimate of drug-likeness (QED) is 0.264. The van der Waals surface area contributed by atoms with Crippen LogP contribution in [0.25, 0.3) is 0 Å². The summed E-state index contributed by atoms with van der Waals surface area (Å²) in [5.41, 5.74) is 1.95. The summed E-state index contributed by atoms with van der Waals surface area (Å²) in [6, 6.07) is 17.5. The van der Waals surface area contributed by atoms with E-state index in [2.05, 4.69) is 11.8 Å². The van der Waals surface area contributed by atoms with Crippen LogP contribution in [-0.2, 0) is 6.42 Å². The van der Waals surface area contributed by atoms with Crippen molar-refractivity contribution in [3.8, 4) is 23.3 Å². The number of ether oxygens (including phenoxy) is 2. The zero-order valence-corrected chi connectivity index (χ0v) is 17.2. The first-order valence-corrected chi connectivity index (χ1v) is 9.72. The van der Waals surface area contributed by atoms with Crippen molar-refractivity contribution >= 4 is 5.97 Å². The molecule has 0 aliphatic carbocycles. The van der Waals surface area contributed by atoms with Crippen LogP contribution >= 0.6 is 0 Å². The maximum Gasteiger partial charge on any atom is 0.343 e. The molecule has 0 unspecified atom stereocenters. The minimum atomic E-state index is -1.71. The van der Waals surface area contributed by atoms with Crippen molar-refractivity contribution in [3.63, 3.8) is 0 Å². The fourth-order valence-electron chi connectivity index (χ4n) is 2.80. The van der Waals surface area contributed by atoms with Gasteiger partial charge in [0, 0.05) is 11.6 Å². The molecule has 0 saturated carbocycles. The van der Waals surface area contributed by atoms with Crippen LogP contribution in [0.4, 0.5) is 13.2 Å². The van der Waals surface area contributed by atoms with Gasteiger partial charge >= 0.3 is 5.97 Å². The van der Waals surface area contributed by atoms with Gasteiger partial charge in [-0.25, -0.2) is 9.18 Å². The fourth-order valence-corrected chi connectivity index (χ4v) is 2.80. The van der Waals surface area contributed by atoms with Crippen molar-refractivity contribution in [3.05, 3.63) is 107 Å². The van der Waals surface area contributed by atoms with Gasteiger partial charge in [-0.2, -0.15) is 8.78 Å². The second-order valence-corrected chi connectivity index (χ2v) is 6.74. The van der Waals surface area contributed by atoms with Crippen LogP contribution in [0.3, 0.4) is 0 Å². The fraction of sp³-hybridized carbons (Fsp3) is 0.115. The molecule has 0 atom stereocenters. The summed E-state index contributed by atoms with van der Waals surface area (Å²) < 4.78 is 48.8. The van der Waals surface area contributed by atoms with E-state index in [9.17, 15) is 18.0 Å². The Morgan fingerprint density at radius 2 is 1.62 bits per heavy atom. The third-order valence-electron chi connectivity index (χ3n) is 4.50. The number of benzene rings is 3. The summed E-state index contributed by atoms with van der Waals surface area (Å²) in [6.07, 6.45) is -0.229. The van der Waals surface area contributed by atoms with Gasteiger partial charge < -0.3 is 9.47 Å². The Bertz CT molecular complexity index is 1170. The molecule has 162 valence electrons. The monoisotopic (exact) mass is 436 g/mol. The van der Waals surface area contributed by atoms with Gasteiger partial charge in [0.15, 0.2) is 0 Å². The highest BCUT2D eigenvalue weighted by Crippen LogP contribution is 2.19. The number of hydrogen-bond donors (Lipinski definition) is 0. The van der Waals surface area contributed by atoms with E-state index in [1.165, 1.54) is 24.3 Å². The van der Waals surface area contributed by atoms with Crippen LogP contribution in [0.1, 0.15) is 33.5 Å². The molecule has 3 rings (SSSR count). The molecule has 0 amide bonds. The average molecular weight is 436 g/mol. The Balaban J connectivity index is 1.63. The first-order chi connectivity index (χ1) is 15.4. The summed E-state index contributed by atoms with van der Waals surface area (Å²) in [5, 5.41) is 0. The van der Waals surface area contributed by atoms with Gasteiger partial charge in [0.25, 0.3) is 6.08 Å². The van der Waals surface area contributed by atoms with Gasteiger partial charge in [-0.1, -0.05) is 24.0 Å². The molecule has 0 fully saturated rings. The molecule has 0 saturated heterocycles.